The predicted octanol–water partition coefficient (Wildman–Crippen LogP) is 4.46. The minimum atomic E-state index is -0.517. The zero-order valence-corrected chi connectivity index (χ0v) is 19.4. The minimum Gasteiger partial charge on any atom is -0.497 e. The molecule has 0 spiro atoms. The number of methoxy groups -OCH3 is 2. The average Bonchev–Trinajstić information content (AvgIpc) is 3.32. The van der Waals surface area contributed by atoms with Crippen molar-refractivity contribution in [2.45, 2.75) is 5.16 Å². The standard InChI is InChI=1S/C25H22N4O4S/c1-32-19-14-12-17(13-15-19)23-27-28-25(29(23)18-8-4-3-5-9-18)34-16-22(30)26-21-11-7-6-10-20(21)24(31)33-2/h3-15H,16H2,1-2H3,(H,26,30). The molecule has 0 unspecified atom stereocenters. The molecule has 4 rings (SSSR count). The second-order valence-corrected chi connectivity index (χ2v) is 8.02. The molecule has 0 bridgehead atoms. The molecule has 0 saturated carbocycles. The highest BCUT2D eigenvalue weighted by Gasteiger charge is 2.18. The van der Waals surface area contributed by atoms with E-state index in [-0.39, 0.29) is 17.2 Å². The van der Waals surface area contributed by atoms with Crippen LogP contribution in [0.25, 0.3) is 17.1 Å². The summed E-state index contributed by atoms with van der Waals surface area (Å²) in [5.74, 6) is 0.663. The third-order valence-electron chi connectivity index (χ3n) is 4.93. The molecule has 172 valence electrons. The molecule has 9 heteroatoms. The summed E-state index contributed by atoms with van der Waals surface area (Å²) < 4.78 is 11.9. The number of ether oxygens (including phenoxy) is 2. The number of hydrogen-bond acceptors (Lipinski definition) is 7. The number of aromatic nitrogens is 3. The smallest absolute Gasteiger partial charge is 0.339 e. The van der Waals surface area contributed by atoms with Crippen LogP contribution in [0.15, 0.2) is 84.0 Å². The molecular weight excluding hydrogens is 452 g/mol. The number of carbonyl (C=O) groups excluding carboxylic acids is 2. The summed E-state index contributed by atoms with van der Waals surface area (Å²) in [6, 6.07) is 23.9. The van der Waals surface area contributed by atoms with E-state index >= 15 is 0 Å². The van der Waals surface area contributed by atoms with Gasteiger partial charge in [0.25, 0.3) is 0 Å². The van der Waals surface area contributed by atoms with E-state index in [4.69, 9.17) is 9.47 Å². The fourth-order valence-electron chi connectivity index (χ4n) is 3.30. The van der Waals surface area contributed by atoms with Crippen molar-refractivity contribution in [1.82, 2.24) is 14.8 Å². The summed E-state index contributed by atoms with van der Waals surface area (Å²) >= 11 is 1.25. The molecule has 0 radical (unpaired) electrons. The molecule has 34 heavy (non-hydrogen) atoms. The number of amides is 1. The lowest BCUT2D eigenvalue weighted by atomic mass is 10.2. The molecule has 0 aliphatic heterocycles. The molecule has 1 aromatic heterocycles. The van der Waals surface area contributed by atoms with Gasteiger partial charge in [0, 0.05) is 11.3 Å². The lowest BCUT2D eigenvalue weighted by Gasteiger charge is -2.11. The molecule has 1 heterocycles. The number of rotatable bonds is 8. The van der Waals surface area contributed by atoms with Crippen LogP contribution in [0.2, 0.25) is 0 Å². The van der Waals surface area contributed by atoms with Gasteiger partial charge in [0.15, 0.2) is 11.0 Å². The highest BCUT2D eigenvalue weighted by molar-refractivity contribution is 7.99. The zero-order chi connectivity index (χ0) is 23.9. The molecule has 4 aromatic rings. The second-order valence-electron chi connectivity index (χ2n) is 7.08. The Morgan fingerprint density at radius 2 is 1.62 bits per heavy atom. The first-order valence-electron chi connectivity index (χ1n) is 10.4. The number of esters is 1. The Morgan fingerprint density at radius 1 is 0.912 bits per heavy atom. The first-order valence-corrected chi connectivity index (χ1v) is 11.3. The Bertz CT molecular complexity index is 1290. The van der Waals surface area contributed by atoms with Crippen LogP contribution in [0.3, 0.4) is 0 Å². The highest BCUT2D eigenvalue weighted by Crippen LogP contribution is 2.29. The zero-order valence-electron chi connectivity index (χ0n) is 18.6. The Hall–Kier alpha value is -4.11. The van der Waals surface area contributed by atoms with Gasteiger partial charge in [0.05, 0.1) is 31.2 Å². The third kappa shape index (κ3) is 5.10. The summed E-state index contributed by atoms with van der Waals surface area (Å²) in [6.45, 7) is 0. The minimum absolute atomic E-state index is 0.0725. The van der Waals surface area contributed by atoms with E-state index in [1.165, 1.54) is 18.9 Å². The first kappa shape index (κ1) is 23.1. The summed E-state index contributed by atoms with van der Waals surface area (Å²) in [5.41, 5.74) is 2.42. The van der Waals surface area contributed by atoms with Gasteiger partial charge >= 0.3 is 5.97 Å². The fourth-order valence-corrected chi connectivity index (χ4v) is 4.05. The van der Waals surface area contributed by atoms with Crippen molar-refractivity contribution in [1.29, 1.82) is 0 Å². The van der Waals surface area contributed by atoms with Crippen LogP contribution < -0.4 is 10.1 Å². The Morgan fingerprint density at radius 3 is 2.32 bits per heavy atom. The largest absolute Gasteiger partial charge is 0.497 e. The normalized spacial score (nSPS) is 10.5. The van der Waals surface area contributed by atoms with Crippen LogP contribution in [0.1, 0.15) is 10.4 Å². The first-order chi connectivity index (χ1) is 16.6. The third-order valence-corrected chi connectivity index (χ3v) is 5.86. The maximum Gasteiger partial charge on any atom is 0.339 e. The number of hydrogen-bond donors (Lipinski definition) is 1. The van der Waals surface area contributed by atoms with Crippen LogP contribution in [0, 0.1) is 0 Å². The van der Waals surface area contributed by atoms with Crippen LogP contribution in [-0.2, 0) is 9.53 Å². The number of nitrogens with one attached hydrogen (secondary N) is 1. The summed E-state index contributed by atoms with van der Waals surface area (Å²) in [5, 5.41) is 12.1. The summed E-state index contributed by atoms with van der Waals surface area (Å²) in [4.78, 5) is 24.7. The maximum atomic E-state index is 12.7. The van der Waals surface area contributed by atoms with E-state index < -0.39 is 5.97 Å². The highest BCUT2D eigenvalue weighted by atomic mass is 32.2. The molecule has 8 nitrogen and oxygen atoms in total. The molecule has 0 aliphatic rings. The van der Waals surface area contributed by atoms with Crippen molar-refractivity contribution in [3.05, 3.63) is 84.4 Å². The summed E-state index contributed by atoms with van der Waals surface area (Å²) in [7, 11) is 2.92. The number of para-hydroxylation sites is 2. The maximum absolute atomic E-state index is 12.7. The Balaban J connectivity index is 1.57. The number of anilines is 1. The number of thioether (sulfide) groups is 1. The van der Waals surface area contributed by atoms with Crippen molar-refractivity contribution in [3.8, 4) is 22.8 Å². The Labute approximate surface area is 200 Å². The van der Waals surface area contributed by atoms with E-state index in [1.54, 1.807) is 31.4 Å². The van der Waals surface area contributed by atoms with Gasteiger partial charge in [0.1, 0.15) is 5.75 Å². The van der Waals surface area contributed by atoms with Gasteiger partial charge in [-0.1, -0.05) is 42.1 Å². The van der Waals surface area contributed by atoms with Crippen molar-refractivity contribution in [2.24, 2.45) is 0 Å². The molecule has 1 amide bonds. The average molecular weight is 475 g/mol. The lowest BCUT2D eigenvalue weighted by molar-refractivity contribution is -0.113. The topological polar surface area (TPSA) is 95.3 Å². The number of benzene rings is 3. The molecule has 0 aliphatic carbocycles. The van der Waals surface area contributed by atoms with Crippen LogP contribution in [0.4, 0.5) is 5.69 Å². The quantitative estimate of drug-likeness (QED) is 0.298. The molecule has 0 fully saturated rings. The summed E-state index contributed by atoms with van der Waals surface area (Å²) in [6.07, 6.45) is 0. The lowest BCUT2D eigenvalue weighted by Crippen LogP contribution is -2.17. The van der Waals surface area contributed by atoms with E-state index in [2.05, 4.69) is 15.5 Å². The van der Waals surface area contributed by atoms with Crippen LogP contribution in [-0.4, -0.2) is 46.6 Å². The van der Waals surface area contributed by atoms with E-state index in [9.17, 15) is 9.59 Å². The van der Waals surface area contributed by atoms with Gasteiger partial charge in [-0.05, 0) is 48.5 Å². The number of carbonyl (C=O) groups is 2. The van der Waals surface area contributed by atoms with E-state index in [0.29, 0.717) is 16.7 Å². The van der Waals surface area contributed by atoms with Gasteiger partial charge in [-0.3, -0.25) is 9.36 Å². The van der Waals surface area contributed by atoms with Gasteiger partial charge in [-0.15, -0.1) is 10.2 Å². The van der Waals surface area contributed by atoms with Crippen molar-refractivity contribution in [3.63, 3.8) is 0 Å². The monoisotopic (exact) mass is 474 g/mol. The van der Waals surface area contributed by atoms with E-state index in [1.807, 2.05) is 59.2 Å². The predicted molar refractivity (Wildman–Crippen MR) is 130 cm³/mol. The van der Waals surface area contributed by atoms with Crippen LogP contribution >= 0.6 is 11.8 Å². The van der Waals surface area contributed by atoms with E-state index in [0.717, 1.165) is 17.0 Å². The fraction of sp³-hybridized carbons (Fsp3) is 0.120. The van der Waals surface area contributed by atoms with Gasteiger partial charge in [0.2, 0.25) is 5.91 Å². The van der Waals surface area contributed by atoms with Crippen molar-refractivity contribution < 1.29 is 19.1 Å². The second kappa shape index (κ2) is 10.7. The van der Waals surface area contributed by atoms with Crippen molar-refractivity contribution in [2.75, 3.05) is 25.3 Å². The molecule has 1 N–H and O–H groups in total. The van der Waals surface area contributed by atoms with Crippen LogP contribution in [0.5, 0.6) is 5.75 Å². The SMILES string of the molecule is COC(=O)c1ccccc1NC(=O)CSc1nnc(-c2ccc(OC)cc2)n1-c1ccccc1. The van der Waals surface area contributed by atoms with Crippen molar-refractivity contribution >= 4 is 29.3 Å². The van der Waals surface area contributed by atoms with Gasteiger partial charge in [-0.25, -0.2) is 4.79 Å². The molecule has 0 atom stereocenters. The van der Waals surface area contributed by atoms with Gasteiger partial charge in [-0.2, -0.15) is 0 Å². The Kier molecular flexibility index (Phi) is 7.24. The molecule has 0 saturated heterocycles. The molecule has 3 aromatic carbocycles. The van der Waals surface area contributed by atoms with Gasteiger partial charge < -0.3 is 14.8 Å². The number of nitrogens with zero attached hydrogens (tertiary/aromatic N) is 3. The molecular formula is C25H22N4O4S.